The molecule has 0 atom stereocenters. The maximum absolute atomic E-state index is 13.0. The van der Waals surface area contributed by atoms with Gasteiger partial charge in [-0.2, -0.15) is 0 Å². The first-order chi connectivity index (χ1) is 12.2. The molecular weight excluding hydrogens is 320 g/mol. The highest BCUT2D eigenvalue weighted by atomic mass is 16.5. The number of methoxy groups -OCH3 is 2. The summed E-state index contributed by atoms with van der Waals surface area (Å²) in [7, 11) is 2.97. The summed E-state index contributed by atoms with van der Waals surface area (Å²) in [6.07, 6.45) is 1.29. The minimum Gasteiger partial charge on any atom is -0.496 e. The summed E-state index contributed by atoms with van der Waals surface area (Å²) in [5.41, 5.74) is 1.87. The number of fused-ring (bicyclic) bond motifs is 1. The Kier molecular flexibility index (Phi) is 5.05. The van der Waals surface area contributed by atoms with Gasteiger partial charge in [0.25, 0.3) is 0 Å². The van der Waals surface area contributed by atoms with E-state index >= 15 is 0 Å². The molecule has 0 amide bonds. The molecule has 0 saturated carbocycles. The van der Waals surface area contributed by atoms with E-state index in [0.29, 0.717) is 35.3 Å². The number of hydrogen-bond acceptors (Lipinski definition) is 5. The largest absolute Gasteiger partial charge is 0.496 e. The van der Waals surface area contributed by atoms with Crippen molar-refractivity contribution in [2.24, 2.45) is 0 Å². The molecule has 5 heteroatoms. The Bertz CT molecular complexity index is 928. The number of aliphatic hydroxyl groups is 1. The molecule has 1 aromatic heterocycles. The highest BCUT2D eigenvalue weighted by molar-refractivity contribution is 5.88. The maximum atomic E-state index is 13.0. The van der Waals surface area contributed by atoms with Crippen molar-refractivity contribution in [3.63, 3.8) is 0 Å². The van der Waals surface area contributed by atoms with Crippen LogP contribution in [0.4, 0.5) is 0 Å². The predicted molar refractivity (Wildman–Crippen MR) is 96.4 cm³/mol. The second kappa shape index (κ2) is 7.40. The lowest BCUT2D eigenvalue weighted by Gasteiger charge is -2.12. The van der Waals surface area contributed by atoms with Gasteiger partial charge in [-0.05, 0) is 30.5 Å². The minimum atomic E-state index is -0.270. The third-order valence-electron chi connectivity index (χ3n) is 4.06. The van der Waals surface area contributed by atoms with Gasteiger partial charge in [0.2, 0.25) is 11.2 Å². The van der Waals surface area contributed by atoms with Crippen LogP contribution >= 0.6 is 0 Å². The molecule has 1 heterocycles. The van der Waals surface area contributed by atoms with E-state index in [1.807, 2.05) is 36.4 Å². The first-order valence-electron chi connectivity index (χ1n) is 8.07. The van der Waals surface area contributed by atoms with E-state index in [9.17, 15) is 4.79 Å². The lowest BCUT2D eigenvalue weighted by atomic mass is 10.0. The first-order valence-corrected chi connectivity index (χ1v) is 8.07. The van der Waals surface area contributed by atoms with Crippen LogP contribution in [0.5, 0.6) is 11.5 Å². The number of rotatable bonds is 6. The number of ether oxygens (including phenoxy) is 2. The maximum Gasteiger partial charge on any atom is 0.239 e. The zero-order valence-corrected chi connectivity index (χ0v) is 14.2. The summed E-state index contributed by atoms with van der Waals surface area (Å²) < 4.78 is 16.8. The number of aliphatic hydroxyl groups excluding tert-OH is 1. The fourth-order valence-corrected chi connectivity index (χ4v) is 2.87. The molecule has 0 aliphatic heterocycles. The summed E-state index contributed by atoms with van der Waals surface area (Å²) in [5, 5.41) is 9.40. The molecule has 5 nitrogen and oxygen atoms in total. The zero-order valence-electron chi connectivity index (χ0n) is 14.2. The molecule has 0 spiro atoms. The van der Waals surface area contributed by atoms with Crippen molar-refractivity contribution in [2.75, 3.05) is 20.8 Å². The normalized spacial score (nSPS) is 10.8. The highest BCUT2D eigenvalue weighted by Crippen LogP contribution is 2.34. The van der Waals surface area contributed by atoms with E-state index in [4.69, 9.17) is 19.0 Å². The average molecular weight is 340 g/mol. The Hall–Kier alpha value is -2.79. The van der Waals surface area contributed by atoms with Gasteiger partial charge in [-0.15, -0.1) is 0 Å². The zero-order chi connectivity index (χ0) is 17.8. The Balaban J connectivity index is 2.30. The van der Waals surface area contributed by atoms with E-state index < -0.39 is 0 Å². The van der Waals surface area contributed by atoms with Crippen molar-refractivity contribution < 1.29 is 19.0 Å². The lowest BCUT2D eigenvalue weighted by molar-refractivity contribution is 0.288. The molecular formula is C20H20O5. The fourth-order valence-electron chi connectivity index (χ4n) is 2.87. The quantitative estimate of drug-likeness (QED) is 0.745. The summed E-state index contributed by atoms with van der Waals surface area (Å²) >= 11 is 0. The van der Waals surface area contributed by atoms with Gasteiger partial charge in [-0.25, -0.2) is 0 Å². The van der Waals surface area contributed by atoms with Gasteiger partial charge in [0.15, 0.2) is 5.76 Å². The van der Waals surface area contributed by atoms with Gasteiger partial charge in [0.05, 0.1) is 14.2 Å². The number of benzene rings is 2. The molecule has 0 saturated heterocycles. The van der Waals surface area contributed by atoms with Gasteiger partial charge < -0.3 is 19.0 Å². The standard InChI is InChI=1S/C20H20O5/c1-23-15-11-13(7-6-10-21)12-16-17(15)18(22)20(24-2)19(25-16)14-8-4-3-5-9-14/h3-5,8-9,11-12,21H,6-7,10H2,1-2H3. The predicted octanol–water partition coefficient (Wildman–Crippen LogP) is 3.40. The lowest BCUT2D eigenvalue weighted by Crippen LogP contribution is -2.09. The fraction of sp³-hybridized carbons (Fsp3) is 0.250. The van der Waals surface area contributed by atoms with Crippen molar-refractivity contribution in [3.05, 3.63) is 58.3 Å². The summed E-state index contributed by atoms with van der Waals surface area (Å²) in [6.45, 7) is 0.0994. The van der Waals surface area contributed by atoms with Gasteiger partial charge >= 0.3 is 0 Å². The SMILES string of the molecule is COc1c(-c2ccccc2)oc2cc(CCCO)cc(OC)c2c1=O. The molecule has 1 N–H and O–H groups in total. The van der Waals surface area contributed by atoms with Crippen molar-refractivity contribution in [1.82, 2.24) is 0 Å². The molecule has 0 aliphatic carbocycles. The summed E-state index contributed by atoms with van der Waals surface area (Å²) in [4.78, 5) is 13.0. The molecule has 3 rings (SSSR count). The average Bonchev–Trinajstić information content (AvgIpc) is 2.66. The molecule has 0 aliphatic rings. The monoisotopic (exact) mass is 340 g/mol. The third-order valence-corrected chi connectivity index (χ3v) is 4.06. The van der Waals surface area contributed by atoms with Crippen LogP contribution in [0.3, 0.4) is 0 Å². The van der Waals surface area contributed by atoms with Crippen LogP contribution in [-0.4, -0.2) is 25.9 Å². The smallest absolute Gasteiger partial charge is 0.239 e. The summed E-state index contributed by atoms with van der Waals surface area (Å²) in [6, 6.07) is 13.0. The van der Waals surface area contributed by atoms with Crippen LogP contribution in [0.1, 0.15) is 12.0 Å². The van der Waals surface area contributed by atoms with Crippen LogP contribution in [0, 0.1) is 0 Å². The first kappa shape index (κ1) is 17.0. The minimum absolute atomic E-state index is 0.0994. The van der Waals surface area contributed by atoms with Crippen LogP contribution < -0.4 is 14.9 Å². The molecule has 0 fully saturated rings. The topological polar surface area (TPSA) is 68.9 Å². The van der Waals surface area contributed by atoms with Gasteiger partial charge in [-0.1, -0.05) is 30.3 Å². The number of hydrogen-bond donors (Lipinski definition) is 1. The molecule has 3 aromatic rings. The van der Waals surface area contributed by atoms with E-state index in [1.165, 1.54) is 14.2 Å². The van der Waals surface area contributed by atoms with E-state index in [2.05, 4.69) is 0 Å². The van der Waals surface area contributed by atoms with Crippen molar-refractivity contribution in [1.29, 1.82) is 0 Å². The van der Waals surface area contributed by atoms with Crippen LogP contribution in [0.25, 0.3) is 22.3 Å². The van der Waals surface area contributed by atoms with E-state index in [-0.39, 0.29) is 17.8 Å². The molecule has 130 valence electrons. The Morgan fingerprint density at radius 1 is 1.08 bits per heavy atom. The third kappa shape index (κ3) is 3.23. The van der Waals surface area contributed by atoms with Crippen molar-refractivity contribution in [2.45, 2.75) is 12.8 Å². The van der Waals surface area contributed by atoms with E-state index in [1.54, 1.807) is 6.07 Å². The van der Waals surface area contributed by atoms with Crippen molar-refractivity contribution in [3.8, 4) is 22.8 Å². The molecule has 0 radical (unpaired) electrons. The Morgan fingerprint density at radius 2 is 1.84 bits per heavy atom. The van der Waals surface area contributed by atoms with E-state index in [0.717, 1.165) is 11.1 Å². The number of aryl methyl sites for hydroxylation is 1. The van der Waals surface area contributed by atoms with Crippen LogP contribution in [-0.2, 0) is 6.42 Å². The Morgan fingerprint density at radius 3 is 2.48 bits per heavy atom. The van der Waals surface area contributed by atoms with Gasteiger partial charge in [0, 0.05) is 12.2 Å². The van der Waals surface area contributed by atoms with Gasteiger partial charge in [-0.3, -0.25) is 4.79 Å². The molecule has 0 unspecified atom stereocenters. The Labute approximate surface area is 145 Å². The second-order valence-electron chi connectivity index (χ2n) is 5.66. The van der Waals surface area contributed by atoms with Crippen LogP contribution in [0.15, 0.2) is 51.7 Å². The summed E-state index contributed by atoms with van der Waals surface area (Å²) in [5.74, 6) is 0.985. The second-order valence-corrected chi connectivity index (χ2v) is 5.66. The van der Waals surface area contributed by atoms with Crippen molar-refractivity contribution >= 4 is 11.0 Å². The van der Waals surface area contributed by atoms with Gasteiger partial charge in [0.1, 0.15) is 16.7 Å². The molecule has 0 bridgehead atoms. The van der Waals surface area contributed by atoms with Crippen LogP contribution in [0.2, 0.25) is 0 Å². The molecule has 2 aromatic carbocycles. The molecule has 25 heavy (non-hydrogen) atoms. The highest BCUT2D eigenvalue weighted by Gasteiger charge is 2.20.